The van der Waals surface area contributed by atoms with Crippen molar-refractivity contribution in [2.75, 3.05) is 0 Å². The van der Waals surface area contributed by atoms with Crippen molar-refractivity contribution < 1.29 is 0 Å². The molecule has 2 nitrogen and oxygen atoms in total. The van der Waals surface area contributed by atoms with Crippen LogP contribution in [-0.2, 0) is 0 Å². The number of alkyl halides is 1. The highest BCUT2D eigenvalue weighted by Gasteiger charge is 2.14. The van der Waals surface area contributed by atoms with Gasteiger partial charge in [-0.3, -0.25) is 0 Å². The van der Waals surface area contributed by atoms with E-state index in [9.17, 15) is 0 Å². The first-order valence-electron chi connectivity index (χ1n) is 4.00. The number of rotatable bonds is 2. The molecule has 0 bridgehead atoms. The fourth-order valence-electron chi connectivity index (χ4n) is 0.990. The highest BCUT2D eigenvalue weighted by Crippen LogP contribution is 2.40. The summed E-state index contributed by atoms with van der Waals surface area (Å²) in [4.78, 5) is 0. The molecule has 2 aromatic heterocycles. The van der Waals surface area contributed by atoms with Gasteiger partial charge >= 0.3 is 0 Å². The zero-order valence-corrected chi connectivity index (χ0v) is 13.1. The van der Waals surface area contributed by atoms with Crippen LogP contribution in [0.1, 0.15) is 17.3 Å². The largest absolute Gasteiger partial charge is 0.149 e. The molecular formula is C8H5Br2ClN2S2. The number of nitrogens with zero attached hydrogens (tertiary/aromatic N) is 2. The molecule has 0 aromatic carbocycles. The number of aromatic nitrogens is 2. The van der Waals surface area contributed by atoms with Crippen molar-refractivity contribution in [1.82, 2.24) is 10.2 Å². The topological polar surface area (TPSA) is 25.8 Å². The van der Waals surface area contributed by atoms with Crippen molar-refractivity contribution in [2.45, 2.75) is 12.3 Å². The van der Waals surface area contributed by atoms with Crippen LogP contribution < -0.4 is 0 Å². The summed E-state index contributed by atoms with van der Waals surface area (Å²) in [6.07, 6.45) is 0. The van der Waals surface area contributed by atoms with E-state index in [0.29, 0.717) is 0 Å². The Morgan fingerprint density at radius 1 is 1.33 bits per heavy atom. The molecule has 0 saturated carbocycles. The van der Waals surface area contributed by atoms with E-state index in [4.69, 9.17) is 11.6 Å². The smallest absolute Gasteiger partial charge is 0.142 e. The Hall–Kier alpha value is 0.510. The van der Waals surface area contributed by atoms with E-state index in [2.05, 4.69) is 42.1 Å². The van der Waals surface area contributed by atoms with E-state index < -0.39 is 0 Å². The lowest BCUT2D eigenvalue weighted by atomic mass is 10.4. The van der Waals surface area contributed by atoms with Crippen LogP contribution in [0.2, 0.25) is 0 Å². The fourth-order valence-corrected chi connectivity index (χ4v) is 4.96. The standard InChI is InChI=1S/C8H5Br2ClN2S2/c1-3(11)7-12-13-8(15-7)4-2-5(9)14-6(4)10/h2-3H,1H3. The molecule has 7 heteroatoms. The van der Waals surface area contributed by atoms with Crippen LogP contribution in [0.15, 0.2) is 13.6 Å². The summed E-state index contributed by atoms with van der Waals surface area (Å²) in [7, 11) is 0. The predicted octanol–water partition coefficient (Wildman–Crippen LogP) is 5.09. The molecule has 0 fully saturated rings. The third kappa shape index (κ3) is 2.61. The van der Waals surface area contributed by atoms with Crippen molar-refractivity contribution in [3.8, 4) is 10.6 Å². The van der Waals surface area contributed by atoms with Gasteiger partial charge in [0.05, 0.1) is 12.9 Å². The first-order chi connectivity index (χ1) is 7.08. The monoisotopic (exact) mass is 386 g/mol. The van der Waals surface area contributed by atoms with Gasteiger partial charge in [0.1, 0.15) is 10.0 Å². The average molecular weight is 389 g/mol. The lowest BCUT2D eigenvalue weighted by Crippen LogP contribution is -1.80. The highest BCUT2D eigenvalue weighted by atomic mass is 79.9. The minimum absolute atomic E-state index is 0.0860. The van der Waals surface area contributed by atoms with Gasteiger partial charge in [-0.05, 0) is 44.8 Å². The summed E-state index contributed by atoms with van der Waals surface area (Å²) < 4.78 is 2.12. The number of hydrogen-bond acceptors (Lipinski definition) is 4. The second-order valence-corrected chi connectivity index (χ2v) is 8.21. The van der Waals surface area contributed by atoms with Gasteiger partial charge in [-0.2, -0.15) is 0 Å². The SMILES string of the molecule is CC(Cl)c1nnc(-c2cc(Br)sc2Br)s1. The van der Waals surface area contributed by atoms with E-state index in [1.807, 2.05) is 13.0 Å². The second kappa shape index (κ2) is 4.79. The Kier molecular flexibility index (Phi) is 3.83. The van der Waals surface area contributed by atoms with Gasteiger partial charge in [0.25, 0.3) is 0 Å². The molecule has 0 aliphatic heterocycles. The second-order valence-electron chi connectivity index (χ2n) is 2.80. The lowest BCUT2D eigenvalue weighted by molar-refractivity contribution is 0.962. The molecule has 1 unspecified atom stereocenters. The molecule has 2 heterocycles. The quantitative estimate of drug-likeness (QED) is 0.670. The molecule has 0 aliphatic carbocycles. The highest BCUT2D eigenvalue weighted by molar-refractivity contribution is 9.12. The van der Waals surface area contributed by atoms with Gasteiger partial charge in [-0.1, -0.05) is 11.3 Å². The van der Waals surface area contributed by atoms with Crippen LogP contribution in [0, 0.1) is 0 Å². The van der Waals surface area contributed by atoms with Crippen LogP contribution in [0.5, 0.6) is 0 Å². The zero-order chi connectivity index (χ0) is 11.0. The molecule has 0 radical (unpaired) electrons. The van der Waals surface area contributed by atoms with Gasteiger partial charge in [-0.25, -0.2) is 0 Å². The Morgan fingerprint density at radius 3 is 2.53 bits per heavy atom. The summed E-state index contributed by atoms with van der Waals surface area (Å²) in [6.45, 7) is 1.89. The summed E-state index contributed by atoms with van der Waals surface area (Å²) in [5, 5.41) is 9.83. The lowest BCUT2D eigenvalue weighted by Gasteiger charge is -1.91. The number of thiophene rings is 1. The third-order valence-corrected chi connectivity index (χ3v) is 5.48. The number of hydrogen-bond donors (Lipinski definition) is 0. The molecule has 80 valence electrons. The fraction of sp³-hybridized carbons (Fsp3) is 0.250. The van der Waals surface area contributed by atoms with Crippen molar-refractivity contribution >= 4 is 66.1 Å². The normalized spacial score (nSPS) is 13.1. The maximum Gasteiger partial charge on any atom is 0.149 e. The molecule has 0 aliphatic rings. The van der Waals surface area contributed by atoms with Crippen LogP contribution >= 0.6 is 66.1 Å². The van der Waals surface area contributed by atoms with E-state index >= 15 is 0 Å². The van der Waals surface area contributed by atoms with E-state index in [0.717, 1.165) is 23.2 Å². The molecule has 0 spiro atoms. The Labute approximate surface area is 117 Å². The van der Waals surface area contributed by atoms with Crippen LogP contribution in [-0.4, -0.2) is 10.2 Å². The van der Waals surface area contributed by atoms with Crippen molar-refractivity contribution in [3.63, 3.8) is 0 Å². The van der Waals surface area contributed by atoms with Gasteiger partial charge in [0.2, 0.25) is 0 Å². The van der Waals surface area contributed by atoms with Gasteiger partial charge < -0.3 is 0 Å². The zero-order valence-electron chi connectivity index (χ0n) is 7.50. The maximum absolute atomic E-state index is 5.94. The molecular weight excluding hydrogens is 383 g/mol. The first kappa shape index (κ1) is 12.0. The summed E-state index contributed by atoms with van der Waals surface area (Å²) >= 11 is 16.0. The predicted molar refractivity (Wildman–Crippen MR) is 72.9 cm³/mol. The molecule has 1 atom stereocenters. The Balaban J connectivity index is 2.41. The van der Waals surface area contributed by atoms with Crippen molar-refractivity contribution in [1.29, 1.82) is 0 Å². The molecule has 0 amide bonds. The first-order valence-corrected chi connectivity index (χ1v) is 7.66. The Morgan fingerprint density at radius 2 is 2.07 bits per heavy atom. The van der Waals surface area contributed by atoms with Gasteiger partial charge in [-0.15, -0.1) is 33.1 Å². The third-order valence-electron chi connectivity index (χ3n) is 1.67. The Bertz CT molecular complexity index is 481. The van der Waals surface area contributed by atoms with Crippen molar-refractivity contribution in [2.24, 2.45) is 0 Å². The van der Waals surface area contributed by atoms with E-state index in [1.165, 1.54) is 11.3 Å². The van der Waals surface area contributed by atoms with Crippen LogP contribution in [0.25, 0.3) is 10.6 Å². The summed E-state index contributed by atoms with van der Waals surface area (Å²) in [5.74, 6) is 0. The summed E-state index contributed by atoms with van der Waals surface area (Å²) in [6, 6.07) is 2.03. The van der Waals surface area contributed by atoms with Crippen LogP contribution in [0.3, 0.4) is 0 Å². The van der Waals surface area contributed by atoms with E-state index in [1.54, 1.807) is 11.3 Å². The van der Waals surface area contributed by atoms with Crippen molar-refractivity contribution in [3.05, 3.63) is 18.6 Å². The molecule has 2 rings (SSSR count). The molecule has 0 saturated heterocycles. The molecule has 2 aromatic rings. The average Bonchev–Trinajstić information content (AvgIpc) is 2.71. The molecule has 15 heavy (non-hydrogen) atoms. The minimum Gasteiger partial charge on any atom is -0.142 e. The van der Waals surface area contributed by atoms with E-state index in [-0.39, 0.29) is 5.38 Å². The minimum atomic E-state index is -0.0860. The molecule has 0 N–H and O–H groups in total. The summed E-state index contributed by atoms with van der Waals surface area (Å²) in [5.41, 5.74) is 1.06. The maximum atomic E-state index is 5.94. The van der Waals surface area contributed by atoms with Gasteiger partial charge in [0, 0.05) is 5.56 Å². The van der Waals surface area contributed by atoms with Crippen LogP contribution in [0.4, 0.5) is 0 Å². The van der Waals surface area contributed by atoms with Gasteiger partial charge in [0.15, 0.2) is 0 Å². The number of halogens is 3.